The maximum Gasteiger partial charge on any atom is 0.0938 e. The normalized spacial score (nSPS) is 12.1. The van der Waals surface area contributed by atoms with Crippen molar-refractivity contribution in [3.8, 4) is 0 Å². The van der Waals surface area contributed by atoms with Crippen LogP contribution < -0.4 is 0 Å². The van der Waals surface area contributed by atoms with E-state index in [1.165, 1.54) is 92.3 Å². The monoisotopic (exact) mass is 460 g/mol. The summed E-state index contributed by atoms with van der Waals surface area (Å²) < 4.78 is 2.62. The van der Waals surface area contributed by atoms with Gasteiger partial charge in [0.25, 0.3) is 0 Å². The molecule has 0 unspecified atom stereocenters. The predicted molar refractivity (Wildman–Crippen MR) is 144 cm³/mol. The molecule has 0 fully saturated rings. The van der Waals surface area contributed by atoms with E-state index in [2.05, 4.69) is 50.2 Å². The molecule has 5 rings (SSSR count). The summed E-state index contributed by atoms with van der Waals surface area (Å²) in [4.78, 5) is 9.89. The van der Waals surface area contributed by atoms with E-state index in [0.717, 1.165) is 23.9 Å². The van der Waals surface area contributed by atoms with Crippen molar-refractivity contribution in [1.82, 2.24) is 9.97 Å². The Labute approximate surface area is 198 Å². The van der Waals surface area contributed by atoms with E-state index in [0.29, 0.717) is 0 Å². The number of benzene rings is 3. The number of hydrogen-bond donors (Lipinski definition) is 0. The van der Waals surface area contributed by atoms with E-state index in [1.807, 2.05) is 22.7 Å². The van der Waals surface area contributed by atoms with Gasteiger partial charge in [0.15, 0.2) is 0 Å². The van der Waals surface area contributed by atoms with Crippen LogP contribution in [0.1, 0.15) is 75.2 Å². The molecular weight excluding hydrogens is 428 g/mol. The van der Waals surface area contributed by atoms with Crippen LogP contribution in [-0.2, 0) is 12.8 Å². The minimum absolute atomic E-state index is 1.11. The summed E-state index contributed by atoms with van der Waals surface area (Å²) in [6.07, 6.45) is 12.6. The molecule has 0 radical (unpaired) electrons. The average Bonchev–Trinajstić information content (AvgIpc) is 3.37. The molecule has 0 aliphatic rings. The standard InChI is InChI=1S/C28H32N2S2/c1-3-5-7-9-11-27-29-23-15-19-13-22-18-26-24(30-28(32-26)12-10-8-6-4-2)16-20(22)14-21(19)17-25(23)31-27/h13-18H,3-12H2,1-2H3. The lowest BCUT2D eigenvalue weighted by Gasteiger charge is -2.03. The highest BCUT2D eigenvalue weighted by Gasteiger charge is 2.10. The van der Waals surface area contributed by atoms with Crippen LogP contribution in [0.25, 0.3) is 42.0 Å². The Hall–Kier alpha value is -2.04. The number of thiazole rings is 2. The summed E-state index contributed by atoms with van der Waals surface area (Å²) >= 11 is 3.74. The van der Waals surface area contributed by atoms with E-state index in [9.17, 15) is 0 Å². The third kappa shape index (κ3) is 4.67. The minimum Gasteiger partial charge on any atom is -0.241 e. The molecule has 0 saturated heterocycles. The van der Waals surface area contributed by atoms with Crippen LogP contribution in [0.2, 0.25) is 0 Å². The first-order valence-corrected chi connectivity index (χ1v) is 13.9. The largest absolute Gasteiger partial charge is 0.241 e. The van der Waals surface area contributed by atoms with Crippen LogP contribution >= 0.6 is 22.7 Å². The third-order valence-corrected chi connectivity index (χ3v) is 8.54. The molecule has 2 aromatic heterocycles. The fourth-order valence-corrected chi connectivity index (χ4v) is 6.64. The number of fused-ring (bicyclic) bond motifs is 4. The Bertz CT molecular complexity index is 1170. The highest BCUT2D eigenvalue weighted by Crippen LogP contribution is 2.34. The quantitative estimate of drug-likeness (QED) is 0.153. The second-order valence-corrected chi connectivity index (χ2v) is 11.3. The second kappa shape index (κ2) is 9.84. The van der Waals surface area contributed by atoms with Gasteiger partial charge in [-0.15, -0.1) is 22.7 Å². The van der Waals surface area contributed by atoms with Crippen molar-refractivity contribution < 1.29 is 0 Å². The summed E-state index contributed by atoms with van der Waals surface area (Å²) in [6.45, 7) is 4.53. The van der Waals surface area contributed by atoms with Gasteiger partial charge in [0.05, 0.1) is 30.4 Å². The van der Waals surface area contributed by atoms with Gasteiger partial charge in [0, 0.05) is 0 Å². The van der Waals surface area contributed by atoms with Crippen LogP contribution in [-0.4, -0.2) is 9.97 Å². The van der Waals surface area contributed by atoms with Crippen molar-refractivity contribution >= 4 is 64.7 Å². The highest BCUT2D eigenvalue weighted by atomic mass is 32.1. The Balaban J connectivity index is 1.44. The number of rotatable bonds is 10. The summed E-state index contributed by atoms with van der Waals surface area (Å²) in [5, 5.41) is 7.76. The van der Waals surface area contributed by atoms with Crippen LogP contribution in [0.4, 0.5) is 0 Å². The molecular formula is C28H32N2S2. The summed E-state index contributed by atoms with van der Waals surface area (Å²) in [7, 11) is 0. The summed E-state index contributed by atoms with van der Waals surface area (Å²) in [5.41, 5.74) is 2.31. The first kappa shape index (κ1) is 21.8. The van der Waals surface area contributed by atoms with E-state index >= 15 is 0 Å². The van der Waals surface area contributed by atoms with E-state index < -0.39 is 0 Å². The van der Waals surface area contributed by atoms with Crippen molar-refractivity contribution in [3.05, 3.63) is 46.4 Å². The van der Waals surface area contributed by atoms with Gasteiger partial charge in [0.2, 0.25) is 0 Å². The van der Waals surface area contributed by atoms with Crippen molar-refractivity contribution in [2.75, 3.05) is 0 Å². The summed E-state index contributed by atoms with van der Waals surface area (Å²) in [5.74, 6) is 0. The molecule has 0 N–H and O–H groups in total. The van der Waals surface area contributed by atoms with Crippen LogP contribution in [0.3, 0.4) is 0 Å². The lowest BCUT2D eigenvalue weighted by Crippen LogP contribution is -1.84. The fourth-order valence-electron chi connectivity index (χ4n) is 4.56. The van der Waals surface area contributed by atoms with Gasteiger partial charge >= 0.3 is 0 Å². The van der Waals surface area contributed by atoms with Gasteiger partial charge < -0.3 is 0 Å². The van der Waals surface area contributed by atoms with Gasteiger partial charge in [-0.1, -0.05) is 52.4 Å². The Morgan fingerprint density at radius 3 is 1.41 bits per heavy atom. The molecule has 0 aliphatic carbocycles. The molecule has 5 aromatic rings. The molecule has 0 saturated carbocycles. The fraction of sp³-hybridized carbons (Fsp3) is 0.429. The van der Waals surface area contributed by atoms with Crippen molar-refractivity contribution in [1.29, 1.82) is 0 Å². The van der Waals surface area contributed by atoms with Crippen LogP contribution in [0, 0.1) is 0 Å². The van der Waals surface area contributed by atoms with Crippen molar-refractivity contribution in [3.63, 3.8) is 0 Å². The zero-order valence-corrected chi connectivity index (χ0v) is 20.9. The first-order valence-electron chi connectivity index (χ1n) is 12.3. The molecule has 0 atom stereocenters. The third-order valence-electron chi connectivity index (χ3n) is 6.39. The van der Waals surface area contributed by atoms with Gasteiger partial charge in [-0.3, -0.25) is 0 Å². The van der Waals surface area contributed by atoms with Crippen LogP contribution in [0.5, 0.6) is 0 Å². The van der Waals surface area contributed by atoms with E-state index in [4.69, 9.17) is 9.97 Å². The summed E-state index contributed by atoms with van der Waals surface area (Å²) in [6, 6.07) is 13.9. The average molecular weight is 461 g/mol. The highest BCUT2D eigenvalue weighted by molar-refractivity contribution is 7.19. The van der Waals surface area contributed by atoms with Gasteiger partial charge in [-0.05, 0) is 83.6 Å². The zero-order valence-electron chi connectivity index (χ0n) is 19.2. The predicted octanol–water partition coefficient (Wildman–Crippen LogP) is 9.46. The Morgan fingerprint density at radius 1 is 0.531 bits per heavy atom. The number of hydrogen-bond acceptors (Lipinski definition) is 4. The first-order chi connectivity index (χ1) is 15.7. The van der Waals surface area contributed by atoms with Crippen molar-refractivity contribution in [2.24, 2.45) is 0 Å². The van der Waals surface area contributed by atoms with Crippen molar-refractivity contribution in [2.45, 2.75) is 78.1 Å². The maximum atomic E-state index is 4.95. The van der Waals surface area contributed by atoms with Gasteiger partial charge in [-0.25, -0.2) is 9.97 Å². The van der Waals surface area contributed by atoms with E-state index in [-0.39, 0.29) is 0 Å². The molecule has 0 aliphatic heterocycles. The second-order valence-electron chi connectivity index (χ2n) is 9.02. The molecule has 0 bridgehead atoms. The number of aromatic nitrogens is 2. The van der Waals surface area contributed by atoms with Crippen LogP contribution in [0.15, 0.2) is 36.4 Å². The topological polar surface area (TPSA) is 25.8 Å². The number of aryl methyl sites for hydroxylation is 2. The lowest BCUT2D eigenvalue weighted by atomic mass is 10.0. The smallest absolute Gasteiger partial charge is 0.0938 e. The molecule has 3 aromatic carbocycles. The molecule has 0 spiro atoms. The van der Waals surface area contributed by atoms with Gasteiger partial charge in [0.1, 0.15) is 0 Å². The molecule has 4 heteroatoms. The van der Waals surface area contributed by atoms with E-state index in [1.54, 1.807) is 0 Å². The molecule has 2 nitrogen and oxygen atoms in total. The van der Waals surface area contributed by atoms with Gasteiger partial charge in [-0.2, -0.15) is 0 Å². The molecule has 32 heavy (non-hydrogen) atoms. The zero-order chi connectivity index (χ0) is 21.9. The molecule has 0 amide bonds. The number of nitrogens with zero attached hydrogens (tertiary/aromatic N) is 2. The maximum absolute atomic E-state index is 4.95. The lowest BCUT2D eigenvalue weighted by molar-refractivity contribution is 0.666. The number of unbranched alkanes of at least 4 members (excludes halogenated alkanes) is 6. The minimum atomic E-state index is 1.11. The SMILES string of the molecule is CCCCCCc1nc2cc3cc4cc5sc(CCCCCC)nc5cc4cc3cc2s1. The Morgan fingerprint density at radius 2 is 0.969 bits per heavy atom. The Kier molecular flexibility index (Phi) is 6.70. The molecule has 2 heterocycles. The molecule has 166 valence electrons.